The molecule has 3 N–H and O–H groups in total. The number of phenols is 2. The third kappa shape index (κ3) is 2.83. The summed E-state index contributed by atoms with van der Waals surface area (Å²) in [5, 5.41) is 23.3. The summed E-state index contributed by atoms with van der Waals surface area (Å²) in [4.78, 5) is 27.8. The number of halogens is 1. The number of rotatable bonds is 4. The van der Waals surface area contributed by atoms with Gasteiger partial charge in [-0.3, -0.25) is 9.59 Å². The first-order valence-corrected chi connectivity index (χ1v) is 8.06. The average molecular weight is 361 g/mol. The van der Waals surface area contributed by atoms with E-state index in [1.54, 1.807) is 6.07 Å². The van der Waals surface area contributed by atoms with Gasteiger partial charge in [-0.15, -0.1) is 0 Å². The van der Waals surface area contributed by atoms with E-state index >= 15 is 0 Å². The van der Waals surface area contributed by atoms with Gasteiger partial charge in [-0.2, -0.15) is 0 Å². The first-order valence-electron chi connectivity index (χ1n) is 7.68. The predicted molar refractivity (Wildman–Crippen MR) is 95.1 cm³/mol. The number of nitrogens with one attached hydrogen (secondary N) is 1. The molecule has 0 aromatic heterocycles. The van der Waals surface area contributed by atoms with E-state index in [9.17, 15) is 19.8 Å². The van der Waals surface area contributed by atoms with Crippen molar-refractivity contribution in [2.24, 2.45) is 0 Å². The number of carbonyl (C=O) groups excluding carboxylic acids is 2. The number of aromatic hydroxyl groups is 2. The van der Waals surface area contributed by atoms with E-state index in [1.807, 2.05) is 19.0 Å². The summed E-state index contributed by atoms with van der Waals surface area (Å²) in [7, 11) is 3.84. The molecule has 3 rings (SSSR count). The number of fused-ring (bicyclic) bond motifs is 2. The lowest BCUT2D eigenvalue weighted by atomic mass is 9.82. The summed E-state index contributed by atoms with van der Waals surface area (Å²) in [5.74, 6) is -1.85. The second-order valence-electron chi connectivity index (χ2n) is 6.09. The van der Waals surface area contributed by atoms with E-state index < -0.39 is 11.6 Å². The SMILES string of the molecule is CN(C)CCNc1ccc(Cl)c2c1C(=O)c1c(O)ccc(O)c1C2=O. The molecule has 1 aliphatic carbocycles. The van der Waals surface area contributed by atoms with Crippen molar-refractivity contribution >= 4 is 28.9 Å². The molecule has 0 unspecified atom stereocenters. The molecule has 0 aliphatic heterocycles. The van der Waals surface area contributed by atoms with Gasteiger partial charge in [0.05, 0.1) is 27.3 Å². The Morgan fingerprint density at radius 2 is 1.48 bits per heavy atom. The number of hydrogen-bond donors (Lipinski definition) is 3. The zero-order valence-corrected chi connectivity index (χ0v) is 14.5. The van der Waals surface area contributed by atoms with Gasteiger partial charge < -0.3 is 20.4 Å². The van der Waals surface area contributed by atoms with Gasteiger partial charge in [-0.25, -0.2) is 0 Å². The lowest BCUT2D eigenvalue weighted by Crippen LogP contribution is -2.25. The Hall–Kier alpha value is -2.57. The molecule has 6 nitrogen and oxygen atoms in total. The Bertz CT molecular complexity index is 893. The number of carbonyl (C=O) groups is 2. The molecule has 0 bridgehead atoms. The molecule has 0 radical (unpaired) electrons. The number of benzene rings is 2. The molecular weight excluding hydrogens is 344 g/mol. The third-order valence-electron chi connectivity index (χ3n) is 4.10. The van der Waals surface area contributed by atoms with Crippen LogP contribution in [-0.4, -0.2) is 53.9 Å². The van der Waals surface area contributed by atoms with Gasteiger partial charge in [0.1, 0.15) is 11.5 Å². The summed E-state index contributed by atoms with van der Waals surface area (Å²) in [5.41, 5.74) is 0.202. The highest BCUT2D eigenvalue weighted by atomic mass is 35.5. The minimum atomic E-state index is -0.584. The molecule has 0 saturated heterocycles. The molecule has 0 saturated carbocycles. The standard InChI is InChI=1S/C18H17ClN2O4/c1-21(2)8-7-20-10-4-3-9(19)13-14(10)18(25)16-12(23)6-5-11(22)15(16)17(13)24/h3-6,20,22-23H,7-8H2,1-2H3. The van der Waals surface area contributed by atoms with Crippen LogP contribution < -0.4 is 5.32 Å². The number of likely N-dealkylation sites (N-methyl/N-ethyl adjacent to an activating group) is 1. The zero-order chi connectivity index (χ0) is 18.3. The third-order valence-corrected chi connectivity index (χ3v) is 4.41. The van der Waals surface area contributed by atoms with Crippen molar-refractivity contribution in [3.8, 4) is 11.5 Å². The summed E-state index contributed by atoms with van der Waals surface area (Å²) in [6, 6.07) is 5.53. The van der Waals surface area contributed by atoms with Crippen LogP contribution in [-0.2, 0) is 0 Å². The van der Waals surface area contributed by atoms with Crippen molar-refractivity contribution < 1.29 is 19.8 Å². The maximum Gasteiger partial charge on any atom is 0.200 e. The van der Waals surface area contributed by atoms with E-state index in [4.69, 9.17) is 11.6 Å². The molecule has 130 valence electrons. The highest BCUT2D eigenvalue weighted by Crippen LogP contribution is 2.41. The van der Waals surface area contributed by atoms with Gasteiger partial charge in [0.25, 0.3) is 0 Å². The number of phenolic OH excluding ortho intramolecular Hbond substituents is 2. The van der Waals surface area contributed by atoms with Crippen molar-refractivity contribution in [3.63, 3.8) is 0 Å². The fraction of sp³-hybridized carbons (Fsp3) is 0.222. The quantitative estimate of drug-likeness (QED) is 0.619. The summed E-state index contributed by atoms with van der Waals surface area (Å²) in [6.45, 7) is 1.28. The van der Waals surface area contributed by atoms with E-state index in [0.29, 0.717) is 12.2 Å². The maximum atomic E-state index is 13.0. The molecule has 0 heterocycles. The van der Waals surface area contributed by atoms with Gasteiger partial charge in [0.15, 0.2) is 5.78 Å². The van der Waals surface area contributed by atoms with E-state index in [2.05, 4.69) is 5.32 Å². The molecule has 0 fully saturated rings. The van der Waals surface area contributed by atoms with Crippen molar-refractivity contribution in [1.82, 2.24) is 4.90 Å². The van der Waals surface area contributed by atoms with Crippen LogP contribution in [0, 0.1) is 0 Å². The fourth-order valence-corrected chi connectivity index (χ4v) is 3.13. The van der Waals surface area contributed by atoms with Gasteiger partial charge in [-0.05, 0) is 38.4 Å². The lowest BCUT2D eigenvalue weighted by molar-refractivity contribution is 0.0975. The van der Waals surface area contributed by atoms with E-state index in [0.717, 1.165) is 6.54 Å². The fourth-order valence-electron chi connectivity index (χ4n) is 2.89. The molecule has 2 aromatic carbocycles. The Morgan fingerprint density at radius 3 is 2.04 bits per heavy atom. The van der Waals surface area contributed by atoms with Crippen LogP contribution in [0.4, 0.5) is 5.69 Å². The lowest BCUT2D eigenvalue weighted by Gasteiger charge is -2.23. The molecule has 2 aromatic rings. The van der Waals surface area contributed by atoms with Gasteiger partial charge >= 0.3 is 0 Å². The zero-order valence-electron chi connectivity index (χ0n) is 13.8. The Labute approximate surface area is 149 Å². The Balaban J connectivity index is 2.16. The normalized spacial score (nSPS) is 13.0. The monoisotopic (exact) mass is 360 g/mol. The average Bonchev–Trinajstić information content (AvgIpc) is 2.55. The van der Waals surface area contributed by atoms with Gasteiger partial charge in [0.2, 0.25) is 5.78 Å². The summed E-state index contributed by atoms with van der Waals surface area (Å²) < 4.78 is 0. The minimum absolute atomic E-state index is 0.0370. The van der Waals surface area contributed by atoms with Crippen molar-refractivity contribution in [3.05, 3.63) is 51.5 Å². The van der Waals surface area contributed by atoms with Crippen molar-refractivity contribution in [2.45, 2.75) is 0 Å². The van der Waals surface area contributed by atoms with Crippen LogP contribution in [0.1, 0.15) is 31.8 Å². The van der Waals surface area contributed by atoms with Crippen molar-refractivity contribution in [1.29, 1.82) is 0 Å². The number of nitrogens with zero attached hydrogens (tertiary/aromatic N) is 1. The minimum Gasteiger partial charge on any atom is -0.507 e. The molecule has 25 heavy (non-hydrogen) atoms. The second kappa shape index (κ2) is 6.38. The summed E-state index contributed by atoms with van der Waals surface area (Å²) in [6.07, 6.45) is 0. The molecule has 0 spiro atoms. The molecule has 7 heteroatoms. The number of hydrogen-bond acceptors (Lipinski definition) is 6. The van der Waals surface area contributed by atoms with Crippen LogP contribution in [0.2, 0.25) is 5.02 Å². The molecule has 0 atom stereocenters. The molecular formula is C18H17ClN2O4. The topological polar surface area (TPSA) is 89.9 Å². The van der Waals surface area contributed by atoms with E-state index in [-0.39, 0.29) is 38.8 Å². The predicted octanol–water partition coefficient (Wildman–Crippen LogP) is 2.50. The second-order valence-corrected chi connectivity index (χ2v) is 6.49. The van der Waals surface area contributed by atoms with Crippen molar-refractivity contribution in [2.75, 3.05) is 32.5 Å². The number of anilines is 1. The van der Waals surface area contributed by atoms with Crippen LogP contribution in [0.5, 0.6) is 11.5 Å². The first kappa shape index (κ1) is 17.3. The Kier molecular flexibility index (Phi) is 4.41. The molecule has 0 amide bonds. The van der Waals surface area contributed by atoms with Gasteiger partial charge in [-0.1, -0.05) is 11.6 Å². The molecule has 1 aliphatic rings. The van der Waals surface area contributed by atoms with Crippen LogP contribution >= 0.6 is 11.6 Å². The largest absolute Gasteiger partial charge is 0.507 e. The highest BCUT2D eigenvalue weighted by Gasteiger charge is 2.37. The summed E-state index contributed by atoms with van der Waals surface area (Å²) >= 11 is 6.16. The Morgan fingerprint density at radius 1 is 0.920 bits per heavy atom. The van der Waals surface area contributed by atoms with Crippen LogP contribution in [0.15, 0.2) is 24.3 Å². The smallest absolute Gasteiger partial charge is 0.200 e. The van der Waals surface area contributed by atoms with Crippen LogP contribution in [0.3, 0.4) is 0 Å². The van der Waals surface area contributed by atoms with Gasteiger partial charge in [0, 0.05) is 18.8 Å². The number of ketones is 2. The van der Waals surface area contributed by atoms with E-state index in [1.165, 1.54) is 18.2 Å². The maximum absolute atomic E-state index is 13.0. The van der Waals surface area contributed by atoms with Crippen LogP contribution in [0.25, 0.3) is 0 Å². The first-order chi connectivity index (χ1) is 11.8. The highest BCUT2D eigenvalue weighted by molar-refractivity contribution is 6.40.